The van der Waals surface area contributed by atoms with Crippen LogP contribution < -0.4 is 9.55 Å². The fourth-order valence-corrected chi connectivity index (χ4v) is 3.79. The highest BCUT2D eigenvalue weighted by Crippen LogP contribution is 2.36. The van der Waals surface area contributed by atoms with Crippen LogP contribution in [0.4, 0.5) is 17.1 Å². The van der Waals surface area contributed by atoms with E-state index in [1.807, 2.05) is 72.8 Å². The second kappa shape index (κ2) is 10.1. The average molecular weight is 444 g/mol. The van der Waals surface area contributed by atoms with Crippen molar-refractivity contribution in [1.82, 2.24) is 0 Å². The van der Waals surface area contributed by atoms with Gasteiger partial charge in [0.1, 0.15) is 5.75 Å². The van der Waals surface area contributed by atoms with Crippen molar-refractivity contribution >= 4 is 24.7 Å². The molecular weight excluding hydrogens is 417 g/mol. The van der Waals surface area contributed by atoms with E-state index in [9.17, 15) is 0 Å². The smallest absolute Gasteiger partial charge is 0.537 e. The Balaban J connectivity index is 1.56. The highest BCUT2D eigenvalue weighted by Gasteiger charge is 2.12. The first-order valence-corrected chi connectivity index (χ1v) is 10.8. The lowest BCUT2D eigenvalue weighted by Gasteiger charge is -2.25. The van der Waals surface area contributed by atoms with E-state index in [1.54, 1.807) is 4.90 Å². The summed E-state index contributed by atoms with van der Waals surface area (Å²) in [7, 11) is 0.351. The van der Waals surface area contributed by atoms with Crippen molar-refractivity contribution < 1.29 is 15.2 Å². The fraction of sp³-hybridized carbons (Fsp3) is 0. The standard InChI is InChI=1S/C30H23BNO2/c33-31-34-30-21-19-29(20-22-30)32(27-9-5-2-6-10-27)28-17-15-26(16-18-28)25-13-11-24(12-14-25)23-7-3-1-4-8-23/h1-22,33H/i19D,20D,21D,22D. The molecule has 0 aliphatic heterocycles. The number of benzene rings is 5. The molecular formula is C30H23BNO2. The number of rotatable bonds is 7. The van der Waals surface area contributed by atoms with Gasteiger partial charge in [-0.25, -0.2) is 0 Å². The van der Waals surface area contributed by atoms with Crippen molar-refractivity contribution in [3.63, 3.8) is 0 Å². The van der Waals surface area contributed by atoms with Crippen molar-refractivity contribution in [2.24, 2.45) is 0 Å². The zero-order chi connectivity index (χ0) is 26.6. The molecule has 0 atom stereocenters. The third-order valence-electron chi connectivity index (χ3n) is 5.45. The molecule has 3 nitrogen and oxygen atoms in total. The number of anilines is 3. The van der Waals surface area contributed by atoms with E-state index >= 15 is 0 Å². The first-order valence-electron chi connectivity index (χ1n) is 12.8. The van der Waals surface area contributed by atoms with Gasteiger partial charge in [0.05, 0.1) is 5.48 Å². The molecule has 0 aliphatic rings. The molecule has 0 saturated heterocycles. The lowest BCUT2D eigenvalue weighted by Crippen LogP contribution is -2.09. The van der Waals surface area contributed by atoms with E-state index in [0.29, 0.717) is 19.1 Å². The van der Waals surface area contributed by atoms with E-state index in [2.05, 4.69) is 36.4 Å². The van der Waals surface area contributed by atoms with Crippen LogP contribution in [0.25, 0.3) is 22.3 Å². The van der Waals surface area contributed by atoms with Crippen molar-refractivity contribution in [1.29, 1.82) is 0 Å². The fourth-order valence-electron chi connectivity index (χ4n) is 3.79. The van der Waals surface area contributed by atoms with Crippen LogP contribution in [0.1, 0.15) is 5.48 Å². The second-order valence-corrected chi connectivity index (χ2v) is 7.56. The Kier molecular flexibility index (Phi) is 5.13. The summed E-state index contributed by atoms with van der Waals surface area (Å²) in [5, 5.41) is 9.03. The topological polar surface area (TPSA) is 32.7 Å². The Morgan fingerprint density at radius 3 is 1.50 bits per heavy atom. The predicted molar refractivity (Wildman–Crippen MR) is 141 cm³/mol. The van der Waals surface area contributed by atoms with Gasteiger partial charge in [-0.1, -0.05) is 84.9 Å². The Hall–Kier alpha value is -4.28. The van der Waals surface area contributed by atoms with Crippen LogP contribution in [0.5, 0.6) is 5.75 Å². The van der Waals surface area contributed by atoms with Crippen molar-refractivity contribution in [3.8, 4) is 28.0 Å². The van der Waals surface area contributed by atoms with Crippen LogP contribution in [-0.2, 0) is 0 Å². The molecule has 163 valence electrons. The normalized spacial score (nSPS) is 12.1. The molecule has 0 fully saturated rings. The summed E-state index contributed by atoms with van der Waals surface area (Å²) in [6, 6.07) is 34.1. The van der Waals surface area contributed by atoms with Crippen LogP contribution in [0.15, 0.2) is 133 Å². The van der Waals surface area contributed by atoms with Crippen LogP contribution in [0.2, 0.25) is 0 Å². The van der Waals surface area contributed by atoms with Gasteiger partial charge in [0.15, 0.2) is 0 Å². The molecule has 0 heterocycles. The molecule has 5 aromatic rings. The summed E-state index contributed by atoms with van der Waals surface area (Å²) in [6.45, 7) is 0. The van der Waals surface area contributed by atoms with Crippen molar-refractivity contribution in [2.75, 3.05) is 4.90 Å². The number of hydrogen-bond acceptors (Lipinski definition) is 3. The first kappa shape index (κ1) is 17.2. The van der Waals surface area contributed by atoms with E-state index < -0.39 is 0 Å². The highest BCUT2D eigenvalue weighted by molar-refractivity contribution is 6.17. The maximum absolute atomic E-state index is 9.03. The van der Waals surface area contributed by atoms with E-state index in [4.69, 9.17) is 15.2 Å². The minimum Gasteiger partial charge on any atom is -0.537 e. The monoisotopic (exact) mass is 444 g/mol. The third kappa shape index (κ3) is 4.73. The lowest BCUT2D eigenvalue weighted by molar-refractivity contribution is 0.454. The summed E-state index contributed by atoms with van der Waals surface area (Å²) in [5.41, 5.74) is 5.77. The molecule has 0 unspecified atom stereocenters. The third-order valence-corrected chi connectivity index (χ3v) is 5.45. The van der Waals surface area contributed by atoms with Gasteiger partial charge in [-0.2, -0.15) is 0 Å². The van der Waals surface area contributed by atoms with Gasteiger partial charge in [-0.3, -0.25) is 0 Å². The molecule has 0 amide bonds. The lowest BCUT2D eigenvalue weighted by atomic mass is 10.00. The van der Waals surface area contributed by atoms with Gasteiger partial charge in [-0.15, -0.1) is 0 Å². The van der Waals surface area contributed by atoms with Gasteiger partial charge in [0.25, 0.3) is 0 Å². The second-order valence-electron chi connectivity index (χ2n) is 7.56. The maximum Gasteiger partial charge on any atom is 0.569 e. The zero-order valence-corrected chi connectivity index (χ0v) is 18.3. The molecule has 5 aromatic carbocycles. The quantitative estimate of drug-likeness (QED) is 0.266. The number of nitrogens with zero attached hydrogens (tertiary/aromatic N) is 1. The van der Waals surface area contributed by atoms with E-state index in [-0.39, 0.29) is 35.6 Å². The van der Waals surface area contributed by atoms with Crippen molar-refractivity contribution in [3.05, 3.63) is 133 Å². The molecule has 0 aromatic heterocycles. The van der Waals surface area contributed by atoms with Gasteiger partial charge in [0, 0.05) is 17.1 Å². The molecule has 0 bridgehead atoms. The molecule has 5 rings (SSSR count). The molecule has 34 heavy (non-hydrogen) atoms. The van der Waals surface area contributed by atoms with Crippen LogP contribution in [0.3, 0.4) is 0 Å². The largest absolute Gasteiger partial charge is 0.569 e. The van der Waals surface area contributed by atoms with Crippen LogP contribution in [-0.4, -0.2) is 12.7 Å². The van der Waals surface area contributed by atoms with Gasteiger partial charge < -0.3 is 14.6 Å². The van der Waals surface area contributed by atoms with E-state index in [1.165, 1.54) is 0 Å². The molecule has 1 N–H and O–H groups in total. The average Bonchev–Trinajstić information content (AvgIpc) is 2.98. The van der Waals surface area contributed by atoms with Gasteiger partial charge in [-0.05, 0) is 70.7 Å². The molecule has 0 saturated carbocycles. The summed E-state index contributed by atoms with van der Waals surface area (Å²) in [4.78, 5) is 1.69. The summed E-state index contributed by atoms with van der Waals surface area (Å²) < 4.78 is 38.9. The molecule has 0 spiro atoms. The molecule has 4 heteroatoms. The van der Waals surface area contributed by atoms with Gasteiger partial charge in [0.2, 0.25) is 0 Å². The Labute approximate surface area is 206 Å². The van der Waals surface area contributed by atoms with Crippen LogP contribution in [0, 0.1) is 0 Å². The minimum atomic E-state index is -0.387. The first-order chi connectivity index (χ1) is 18.5. The van der Waals surface area contributed by atoms with Gasteiger partial charge >= 0.3 is 7.69 Å². The Morgan fingerprint density at radius 1 is 0.529 bits per heavy atom. The van der Waals surface area contributed by atoms with Crippen LogP contribution >= 0.6 is 0 Å². The number of hydrogen-bond donors (Lipinski definition) is 1. The predicted octanol–water partition coefficient (Wildman–Crippen LogP) is 7.40. The minimum absolute atomic E-state index is 0.0800. The summed E-state index contributed by atoms with van der Waals surface area (Å²) >= 11 is 0. The molecule has 1 radical (unpaired) electrons. The van der Waals surface area contributed by atoms with E-state index in [0.717, 1.165) is 22.3 Å². The Morgan fingerprint density at radius 2 is 0.971 bits per heavy atom. The molecule has 0 aliphatic carbocycles. The Bertz CT molecular complexity index is 1520. The van der Waals surface area contributed by atoms with Crippen molar-refractivity contribution in [2.45, 2.75) is 0 Å². The highest BCUT2D eigenvalue weighted by atomic mass is 16.5. The summed E-state index contributed by atoms with van der Waals surface area (Å²) in [6.07, 6.45) is 0. The number of para-hydroxylation sites is 1. The maximum atomic E-state index is 9.03. The SMILES string of the molecule is [2H]c1c([2H])c(N(c2ccccc2)c2ccc(-c3ccc(-c4ccccc4)cc3)cc2)c([2H])c([2H])c1O[B]O. The zero-order valence-electron chi connectivity index (χ0n) is 22.3. The summed E-state index contributed by atoms with van der Waals surface area (Å²) in [5.74, 6) is -0.339.